The van der Waals surface area contributed by atoms with Gasteiger partial charge in [-0.1, -0.05) is 0 Å². The van der Waals surface area contributed by atoms with Crippen molar-refractivity contribution in [2.75, 3.05) is 26.2 Å². The average molecular weight is 535 g/mol. The number of ketones is 1. The number of halogens is 5. The summed E-state index contributed by atoms with van der Waals surface area (Å²) in [6.07, 6.45) is 1.79. The van der Waals surface area contributed by atoms with E-state index in [9.17, 15) is 35.2 Å². The zero-order chi connectivity index (χ0) is 26.3. The number of aromatic nitrogens is 2. The lowest BCUT2D eigenvalue weighted by Crippen LogP contribution is -2.59. The number of hydrogen-bond acceptors (Lipinski definition) is 5. The molecule has 2 aromatic rings. The molecule has 1 aliphatic carbocycles. The Morgan fingerprint density at radius 2 is 1.58 bits per heavy atom. The summed E-state index contributed by atoms with van der Waals surface area (Å²) in [6.45, 7) is 0.689. The molecular weight excluding hydrogens is 507 g/mol. The molecule has 2 aliphatic rings. The highest BCUT2D eigenvalue weighted by Gasteiger charge is 2.47. The first-order chi connectivity index (χ1) is 16.8. The van der Waals surface area contributed by atoms with Crippen LogP contribution in [0.3, 0.4) is 0 Å². The summed E-state index contributed by atoms with van der Waals surface area (Å²) in [5.74, 6) is -7.50. The van der Waals surface area contributed by atoms with Crippen molar-refractivity contribution in [1.82, 2.24) is 18.8 Å². The zero-order valence-electron chi connectivity index (χ0n) is 19.7. The molecular formula is C23H27F5N4O3S. The third kappa shape index (κ3) is 5.32. The molecule has 7 nitrogen and oxygen atoms in total. The molecule has 0 radical (unpaired) electrons. The minimum absolute atomic E-state index is 0.0503. The fourth-order valence-electron chi connectivity index (χ4n) is 5.14. The lowest BCUT2D eigenvalue weighted by atomic mass is 9.74. The minimum Gasteiger partial charge on any atom is -0.339 e. The van der Waals surface area contributed by atoms with Crippen molar-refractivity contribution in [3.63, 3.8) is 0 Å². The van der Waals surface area contributed by atoms with Gasteiger partial charge in [-0.3, -0.25) is 9.69 Å². The van der Waals surface area contributed by atoms with E-state index in [0.29, 0.717) is 12.1 Å². The number of rotatable bonds is 7. The van der Waals surface area contributed by atoms with Crippen LogP contribution in [0.4, 0.5) is 22.0 Å². The molecule has 0 spiro atoms. The minimum atomic E-state index is -3.82. The summed E-state index contributed by atoms with van der Waals surface area (Å²) in [5.41, 5.74) is -1.70. The molecule has 1 aromatic heterocycles. The van der Waals surface area contributed by atoms with Gasteiger partial charge in [-0.05, 0) is 19.3 Å². The quantitative estimate of drug-likeness (QED) is 0.400. The molecule has 2 heterocycles. The first-order valence-electron chi connectivity index (χ1n) is 11.6. The monoisotopic (exact) mass is 534 g/mol. The van der Waals surface area contributed by atoms with Crippen molar-refractivity contribution in [3.8, 4) is 0 Å². The van der Waals surface area contributed by atoms with E-state index in [1.807, 2.05) is 4.90 Å². The van der Waals surface area contributed by atoms with Crippen LogP contribution < -0.4 is 0 Å². The Labute approximate surface area is 205 Å². The van der Waals surface area contributed by atoms with Gasteiger partial charge < -0.3 is 4.57 Å². The maximum atomic E-state index is 14.1. The number of carbonyl (C=O) groups is 1. The SMILES string of the molecule is Cn1cnc(S(=O)(=O)N2CCN(C3(CCC(=O)c4c(F)cc(F)cc4F)CCC(F)(F)CC3)CC2)c1. The highest BCUT2D eigenvalue weighted by molar-refractivity contribution is 7.89. The van der Waals surface area contributed by atoms with Gasteiger partial charge in [-0.2, -0.15) is 4.31 Å². The highest BCUT2D eigenvalue weighted by Crippen LogP contribution is 2.44. The van der Waals surface area contributed by atoms with Crippen molar-refractivity contribution in [3.05, 3.63) is 47.7 Å². The van der Waals surface area contributed by atoms with E-state index in [1.165, 1.54) is 21.4 Å². The van der Waals surface area contributed by atoms with Crippen LogP contribution in [-0.2, 0) is 17.1 Å². The molecule has 1 saturated carbocycles. The van der Waals surface area contributed by atoms with Crippen LogP contribution in [-0.4, -0.2) is 70.6 Å². The second-order valence-corrected chi connectivity index (χ2v) is 11.4. The van der Waals surface area contributed by atoms with Crippen molar-refractivity contribution in [1.29, 1.82) is 0 Å². The topological polar surface area (TPSA) is 75.5 Å². The van der Waals surface area contributed by atoms with Crippen LogP contribution in [0.25, 0.3) is 0 Å². The van der Waals surface area contributed by atoms with Gasteiger partial charge in [0.15, 0.2) is 10.8 Å². The van der Waals surface area contributed by atoms with Crippen LogP contribution in [0.2, 0.25) is 0 Å². The Morgan fingerprint density at radius 3 is 2.11 bits per heavy atom. The van der Waals surface area contributed by atoms with Gasteiger partial charge >= 0.3 is 0 Å². The van der Waals surface area contributed by atoms with Gasteiger partial charge in [-0.15, -0.1) is 0 Å². The lowest BCUT2D eigenvalue weighted by molar-refractivity contribution is -0.0891. The molecule has 36 heavy (non-hydrogen) atoms. The molecule has 0 unspecified atom stereocenters. The first-order valence-corrected chi connectivity index (χ1v) is 13.1. The van der Waals surface area contributed by atoms with Crippen molar-refractivity contribution in [2.24, 2.45) is 7.05 Å². The largest absolute Gasteiger partial charge is 0.339 e. The standard InChI is InChI=1S/C23H27F5N4O3S/c1-30-14-20(29-15-30)36(34,35)32-10-8-31(9-11-32)22(4-6-23(27,28)7-5-22)3-2-19(33)21-17(25)12-16(24)13-18(21)26/h12-15H,2-11H2,1H3. The first kappa shape index (κ1) is 26.7. The van der Waals surface area contributed by atoms with E-state index in [4.69, 9.17) is 0 Å². The Morgan fingerprint density at radius 1 is 1.00 bits per heavy atom. The number of sulfonamides is 1. The summed E-state index contributed by atoms with van der Waals surface area (Å²) >= 11 is 0. The van der Waals surface area contributed by atoms with Crippen molar-refractivity contribution >= 4 is 15.8 Å². The number of hydrogen-bond donors (Lipinski definition) is 0. The number of piperazine rings is 1. The molecule has 13 heteroatoms. The van der Waals surface area contributed by atoms with Gasteiger partial charge in [0.05, 0.1) is 11.9 Å². The summed E-state index contributed by atoms with van der Waals surface area (Å²) in [6, 6.07) is 0.850. The summed E-state index contributed by atoms with van der Waals surface area (Å²) in [7, 11) is -2.17. The van der Waals surface area contributed by atoms with Gasteiger partial charge in [0.2, 0.25) is 5.92 Å². The van der Waals surface area contributed by atoms with E-state index < -0.39 is 63.1 Å². The molecule has 0 amide bonds. The number of carbonyl (C=O) groups excluding carboxylic acids is 1. The molecule has 0 bridgehead atoms. The Bertz CT molecular complexity index is 1210. The average Bonchev–Trinajstić information content (AvgIpc) is 3.25. The van der Waals surface area contributed by atoms with E-state index in [2.05, 4.69) is 4.98 Å². The molecule has 0 N–H and O–H groups in total. The number of imidazole rings is 1. The van der Waals surface area contributed by atoms with Crippen LogP contribution in [0, 0.1) is 17.5 Å². The van der Waals surface area contributed by atoms with E-state index in [-0.39, 0.29) is 56.9 Å². The van der Waals surface area contributed by atoms with Crippen LogP contribution in [0.1, 0.15) is 48.9 Å². The van der Waals surface area contributed by atoms with Crippen LogP contribution in [0.15, 0.2) is 29.7 Å². The Hall–Kier alpha value is -2.38. The second-order valence-electron chi connectivity index (χ2n) is 9.52. The van der Waals surface area contributed by atoms with Gasteiger partial charge in [-0.25, -0.2) is 35.4 Å². The maximum Gasteiger partial charge on any atom is 0.262 e. The fourth-order valence-corrected chi connectivity index (χ4v) is 6.53. The van der Waals surface area contributed by atoms with Crippen molar-refractivity contribution < 1.29 is 35.2 Å². The molecule has 198 valence electrons. The zero-order valence-corrected chi connectivity index (χ0v) is 20.5. The molecule has 4 rings (SSSR count). The normalized spacial score (nSPS) is 20.9. The Kier molecular flexibility index (Phi) is 7.28. The summed E-state index contributed by atoms with van der Waals surface area (Å²) in [5, 5.41) is -0.0839. The van der Waals surface area contributed by atoms with Gasteiger partial charge in [0, 0.05) is 76.4 Å². The summed E-state index contributed by atoms with van der Waals surface area (Å²) in [4.78, 5) is 18.5. The van der Waals surface area contributed by atoms with E-state index in [1.54, 1.807) is 7.05 Å². The predicted octanol–water partition coefficient (Wildman–Crippen LogP) is 3.75. The van der Waals surface area contributed by atoms with E-state index >= 15 is 0 Å². The number of nitrogens with zero attached hydrogens (tertiary/aromatic N) is 4. The molecule has 1 aliphatic heterocycles. The molecule has 0 atom stereocenters. The van der Waals surface area contributed by atoms with Gasteiger partial charge in [0.25, 0.3) is 10.0 Å². The summed E-state index contributed by atoms with van der Waals surface area (Å²) < 4.78 is 98.0. The number of aryl methyl sites for hydroxylation is 1. The molecule has 1 saturated heterocycles. The fraction of sp³-hybridized carbons (Fsp3) is 0.565. The maximum absolute atomic E-state index is 14.1. The number of Topliss-reactive ketones (excluding diaryl/α,β-unsaturated/α-hetero) is 1. The third-order valence-corrected chi connectivity index (χ3v) is 8.99. The number of benzene rings is 1. The van der Waals surface area contributed by atoms with Crippen LogP contribution in [0.5, 0.6) is 0 Å². The molecule has 1 aromatic carbocycles. The Balaban J connectivity index is 1.49. The smallest absolute Gasteiger partial charge is 0.262 e. The van der Waals surface area contributed by atoms with E-state index in [0.717, 1.165) is 0 Å². The van der Waals surface area contributed by atoms with Crippen LogP contribution >= 0.6 is 0 Å². The number of alkyl halides is 2. The van der Waals surface area contributed by atoms with Crippen molar-refractivity contribution in [2.45, 2.75) is 55.0 Å². The highest BCUT2D eigenvalue weighted by atomic mass is 32.2. The third-order valence-electron chi connectivity index (χ3n) is 7.21. The lowest BCUT2D eigenvalue weighted by Gasteiger charge is -2.50. The predicted molar refractivity (Wildman–Crippen MR) is 120 cm³/mol. The second kappa shape index (κ2) is 9.82. The van der Waals surface area contributed by atoms with Gasteiger partial charge in [0.1, 0.15) is 17.5 Å². The molecule has 2 fully saturated rings.